The number of rotatable bonds is 6. The number of nitrogens with two attached hydrogens (primary N) is 2. The van der Waals surface area contributed by atoms with Crippen LogP contribution in [0.4, 0.5) is 23.3 Å². The number of aryl methyl sites for hydroxylation is 1. The fourth-order valence-electron chi connectivity index (χ4n) is 5.77. The van der Waals surface area contributed by atoms with Gasteiger partial charge in [0.15, 0.2) is 11.6 Å². The Morgan fingerprint density at radius 2 is 1.78 bits per heavy atom. The van der Waals surface area contributed by atoms with Crippen LogP contribution in [-0.4, -0.2) is 81.0 Å². The molecule has 2 aliphatic heterocycles. The van der Waals surface area contributed by atoms with Gasteiger partial charge in [0.05, 0.1) is 12.2 Å². The van der Waals surface area contributed by atoms with Gasteiger partial charge in [-0.1, -0.05) is 26.8 Å². The molecule has 2 fully saturated rings. The summed E-state index contributed by atoms with van der Waals surface area (Å²) >= 11 is 0. The topological polar surface area (TPSA) is 184 Å². The number of aromatic nitrogens is 4. The second-order valence-electron chi connectivity index (χ2n) is 13.1. The van der Waals surface area contributed by atoms with Crippen LogP contribution < -0.4 is 27.0 Å². The van der Waals surface area contributed by atoms with Crippen LogP contribution in [0.5, 0.6) is 0 Å². The number of amides is 1. The van der Waals surface area contributed by atoms with Crippen molar-refractivity contribution in [3.8, 4) is 0 Å². The first-order valence-corrected chi connectivity index (χ1v) is 15.5. The Kier molecular flexibility index (Phi) is 9.21. The zero-order valence-corrected chi connectivity index (χ0v) is 27.0. The molecule has 1 aromatic carbocycles. The highest BCUT2D eigenvalue weighted by molar-refractivity contribution is 6.09. The van der Waals surface area contributed by atoms with E-state index in [-0.39, 0.29) is 29.3 Å². The van der Waals surface area contributed by atoms with E-state index in [0.29, 0.717) is 45.8 Å². The highest BCUT2D eigenvalue weighted by atomic mass is 16.5. The summed E-state index contributed by atoms with van der Waals surface area (Å²) in [6.45, 7) is 15.6. The van der Waals surface area contributed by atoms with E-state index in [1.807, 2.05) is 33.8 Å². The van der Waals surface area contributed by atoms with Gasteiger partial charge in [-0.3, -0.25) is 15.1 Å². The number of anilines is 4. The van der Waals surface area contributed by atoms with Crippen molar-refractivity contribution in [2.24, 2.45) is 11.1 Å². The molecule has 13 nitrogen and oxygen atoms in total. The molecule has 0 radical (unpaired) electrons. The second kappa shape index (κ2) is 12.9. The maximum Gasteiger partial charge on any atom is 0.256 e. The third kappa shape index (κ3) is 7.48. The summed E-state index contributed by atoms with van der Waals surface area (Å²) in [5.74, 6) is 0.778. The minimum absolute atomic E-state index is 0.0814. The van der Waals surface area contributed by atoms with E-state index in [1.54, 1.807) is 12.1 Å². The number of fused-ring (bicyclic) bond motifs is 1. The third-order valence-corrected chi connectivity index (χ3v) is 8.38. The normalized spacial score (nSPS) is 20.3. The van der Waals surface area contributed by atoms with Crippen LogP contribution in [0, 0.1) is 17.7 Å². The van der Waals surface area contributed by atoms with Gasteiger partial charge in [-0.05, 0) is 57.4 Å². The monoisotopic (exact) mass is 615 g/mol. The number of hydrogen-bond donors (Lipinski definition) is 5. The molecule has 2 aromatic heterocycles. The van der Waals surface area contributed by atoms with Crippen molar-refractivity contribution in [3.05, 3.63) is 47.4 Å². The first kappa shape index (κ1) is 32.0. The number of piperidine rings is 1. The van der Waals surface area contributed by atoms with Gasteiger partial charge in [0.25, 0.3) is 5.91 Å². The van der Waals surface area contributed by atoms with Crippen molar-refractivity contribution < 1.29 is 9.53 Å². The summed E-state index contributed by atoms with van der Waals surface area (Å²) in [7, 11) is 0. The number of nitrogens with one attached hydrogen (secondary N) is 3. The highest BCUT2D eigenvalue weighted by Gasteiger charge is 2.31. The van der Waals surface area contributed by atoms with Gasteiger partial charge in [0, 0.05) is 54.6 Å². The first-order chi connectivity index (χ1) is 21.3. The number of carbonyl (C=O) groups is 1. The largest absolute Gasteiger partial charge is 0.401 e. The van der Waals surface area contributed by atoms with Crippen LogP contribution in [0.15, 0.2) is 36.3 Å². The zero-order chi connectivity index (χ0) is 32.5. The molecule has 0 saturated carbocycles. The van der Waals surface area contributed by atoms with Crippen LogP contribution in [0.3, 0.4) is 0 Å². The molecule has 13 heteroatoms. The van der Waals surface area contributed by atoms with Crippen LogP contribution >= 0.6 is 0 Å². The molecule has 0 spiro atoms. The van der Waals surface area contributed by atoms with E-state index >= 15 is 0 Å². The number of morpholine rings is 1. The molecule has 3 aromatic rings. The number of ether oxygens (including phenoxy) is 1. The van der Waals surface area contributed by atoms with E-state index in [2.05, 4.69) is 49.2 Å². The lowest BCUT2D eigenvalue weighted by molar-refractivity contribution is -0.0826. The second-order valence-corrected chi connectivity index (χ2v) is 13.1. The molecule has 7 N–H and O–H groups in total. The van der Waals surface area contributed by atoms with E-state index < -0.39 is 5.91 Å². The Morgan fingerprint density at radius 3 is 2.44 bits per heavy atom. The van der Waals surface area contributed by atoms with Crippen molar-refractivity contribution in [1.82, 2.24) is 30.2 Å². The minimum atomic E-state index is -0.424. The van der Waals surface area contributed by atoms with Gasteiger partial charge < -0.3 is 31.7 Å². The Hall–Kier alpha value is -4.36. The number of benzene rings is 1. The molecule has 0 bridgehead atoms. The number of hydrogen-bond acceptors (Lipinski definition) is 12. The quantitative estimate of drug-likeness (QED) is 0.201. The fraction of sp³-hybridized carbons (Fsp3) is 0.500. The molecule has 2 unspecified atom stereocenters. The Labute approximate surface area is 264 Å². The lowest BCUT2D eigenvalue weighted by Crippen LogP contribution is -2.53. The van der Waals surface area contributed by atoms with Gasteiger partial charge >= 0.3 is 0 Å². The maximum atomic E-state index is 13.0. The van der Waals surface area contributed by atoms with Crippen molar-refractivity contribution in [3.63, 3.8) is 0 Å². The number of nitrogen functional groups attached to an aromatic ring is 1. The van der Waals surface area contributed by atoms with E-state index in [1.165, 1.54) is 12.4 Å². The molecule has 2 saturated heterocycles. The minimum Gasteiger partial charge on any atom is -0.401 e. The number of amidine groups is 1. The number of allylic oxidation sites excluding steroid dienone is 1. The molecule has 5 rings (SSSR count). The highest BCUT2D eigenvalue weighted by Crippen LogP contribution is 2.30. The molecule has 4 heterocycles. The molecule has 1 amide bonds. The Balaban J connectivity index is 1.34. The van der Waals surface area contributed by atoms with Gasteiger partial charge in [0.1, 0.15) is 23.2 Å². The molecule has 240 valence electrons. The summed E-state index contributed by atoms with van der Waals surface area (Å²) in [6, 6.07) is 5.75. The molecule has 2 atom stereocenters. The molecule has 0 aliphatic carbocycles. The van der Waals surface area contributed by atoms with Gasteiger partial charge in [-0.15, -0.1) is 0 Å². The van der Waals surface area contributed by atoms with Crippen molar-refractivity contribution >= 4 is 46.0 Å². The van der Waals surface area contributed by atoms with Gasteiger partial charge in [-0.2, -0.15) is 4.98 Å². The smallest absolute Gasteiger partial charge is 0.256 e. The number of nitrogens with zero attached hydrogens (tertiary/aromatic N) is 6. The Bertz CT molecular complexity index is 1600. The molecule has 2 aliphatic rings. The average molecular weight is 616 g/mol. The van der Waals surface area contributed by atoms with Crippen molar-refractivity contribution in [2.75, 3.05) is 42.1 Å². The van der Waals surface area contributed by atoms with Crippen LogP contribution in [0.2, 0.25) is 0 Å². The third-order valence-electron chi connectivity index (χ3n) is 8.38. The molecule has 45 heavy (non-hydrogen) atoms. The lowest BCUT2D eigenvalue weighted by atomic mass is 9.92. The predicted molar refractivity (Wildman–Crippen MR) is 178 cm³/mol. The van der Waals surface area contributed by atoms with Gasteiger partial charge in [0.2, 0.25) is 5.95 Å². The summed E-state index contributed by atoms with van der Waals surface area (Å²) in [5, 5.41) is 14.1. The van der Waals surface area contributed by atoms with E-state index in [0.717, 1.165) is 44.6 Å². The van der Waals surface area contributed by atoms with E-state index in [9.17, 15) is 4.79 Å². The predicted octanol–water partition coefficient (Wildman–Crippen LogP) is 3.73. The van der Waals surface area contributed by atoms with Crippen LogP contribution in [0.25, 0.3) is 11.0 Å². The van der Waals surface area contributed by atoms with Crippen molar-refractivity contribution in [2.45, 2.75) is 72.6 Å². The summed E-state index contributed by atoms with van der Waals surface area (Å²) < 4.78 is 5.93. The number of carbonyl (C=O) groups excluding carboxylic acids is 1. The zero-order valence-electron chi connectivity index (χ0n) is 27.0. The van der Waals surface area contributed by atoms with Crippen LogP contribution in [-0.2, 0) is 4.74 Å². The first-order valence-electron chi connectivity index (χ1n) is 15.5. The summed E-state index contributed by atoms with van der Waals surface area (Å²) in [4.78, 5) is 36.1. The maximum absolute atomic E-state index is 13.0. The molecular weight excluding hydrogens is 570 g/mol. The summed E-state index contributed by atoms with van der Waals surface area (Å²) in [6.07, 6.45) is 5.36. The standard InChI is InChI=1S/C32H45N11O2/c1-18-7-8-21(30(44)39-25(34)14-24(33)32(4,5)6)13-23(18)38-29-27-26(36-17-37-29)28(35)41-31(40-27)42-11-9-22(10-12-42)43-15-19(2)45-20(3)16-43/h7-8,13-14,17,19-20,22H,9-12,15-16,33H2,1-6H3,(H2,34,39,44)(H2,35,40,41)(H,36,37,38). The Morgan fingerprint density at radius 1 is 1.09 bits per heavy atom. The van der Waals surface area contributed by atoms with Crippen molar-refractivity contribution in [1.29, 1.82) is 5.41 Å². The fourth-order valence-corrected chi connectivity index (χ4v) is 5.77. The van der Waals surface area contributed by atoms with Crippen LogP contribution in [0.1, 0.15) is 63.4 Å². The average Bonchev–Trinajstić information content (AvgIpc) is 2.97. The molecular formula is C32H45N11O2. The SMILES string of the molecule is Cc1ccc(C(=O)NC(=N)C=C(N)C(C)(C)C)cc1Nc1ncnc2c(N)nc(N3CCC(N4CC(C)OC(C)C4)CC3)nc12. The summed E-state index contributed by atoms with van der Waals surface area (Å²) in [5.41, 5.74) is 15.5. The van der Waals surface area contributed by atoms with E-state index in [4.69, 9.17) is 26.6 Å². The van der Waals surface area contributed by atoms with Gasteiger partial charge in [-0.25, -0.2) is 15.0 Å². The lowest BCUT2D eigenvalue weighted by Gasteiger charge is -2.43.